The summed E-state index contributed by atoms with van der Waals surface area (Å²) in [6.45, 7) is 6.47. The number of likely N-dealkylation sites (N-methyl/N-ethyl adjacent to an activating group) is 1. The SMILES string of the molecule is CCOc1ncccc1C1(NC(=O)N2CCC(N3CCN(C)CC3)CC2)C(=O)N(S(=O)(=O)c2ccc(OC)cc2)c2cc(F)c(C#N)cc21. The number of hydrogen-bond donors (Lipinski definition) is 1. The number of amides is 3. The zero-order chi connectivity index (χ0) is 34.9. The number of urea groups is 1. The molecule has 1 unspecified atom stereocenters. The number of fused-ring (bicyclic) bond motifs is 1. The van der Waals surface area contributed by atoms with Crippen molar-refractivity contribution in [1.82, 2.24) is 25.0 Å². The first-order valence-electron chi connectivity index (χ1n) is 16.1. The topological polar surface area (TPSA) is 148 Å². The molecule has 0 radical (unpaired) electrons. The number of carbonyl (C=O) groups is 2. The molecule has 2 fully saturated rings. The Morgan fingerprint density at radius 3 is 2.41 bits per heavy atom. The van der Waals surface area contributed by atoms with Crippen LogP contribution in [0.5, 0.6) is 11.6 Å². The Bertz CT molecular complexity index is 1890. The lowest BCUT2D eigenvalue weighted by atomic mass is 9.83. The smallest absolute Gasteiger partial charge is 0.318 e. The van der Waals surface area contributed by atoms with Crippen molar-refractivity contribution in [3.05, 3.63) is 77.2 Å². The van der Waals surface area contributed by atoms with Gasteiger partial charge in [-0.25, -0.2) is 22.6 Å². The fraction of sp³-hybridized carbons (Fsp3) is 0.412. The highest BCUT2D eigenvalue weighted by Gasteiger charge is 2.59. The van der Waals surface area contributed by atoms with Gasteiger partial charge in [0.05, 0.1) is 35.4 Å². The highest BCUT2D eigenvalue weighted by atomic mass is 32.2. The van der Waals surface area contributed by atoms with Crippen LogP contribution < -0.4 is 19.1 Å². The predicted molar refractivity (Wildman–Crippen MR) is 177 cm³/mol. The molecule has 1 N–H and O–H groups in total. The van der Waals surface area contributed by atoms with Gasteiger partial charge in [0.25, 0.3) is 15.9 Å². The summed E-state index contributed by atoms with van der Waals surface area (Å²) in [6.07, 6.45) is 2.87. The third kappa shape index (κ3) is 6.04. The number of anilines is 1. The van der Waals surface area contributed by atoms with Crippen molar-refractivity contribution in [2.45, 2.75) is 36.2 Å². The summed E-state index contributed by atoms with van der Waals surface area (Å²) in [5.74, 6) is -1.80. The highest BCUT2D eigenvalue weighted by molar-refractivity contribution is 7.93. The van der Waals surface area contributed by atoms with Crippen LogP contribution in [0, 0.1) is 17.1 Å². The predicted octanol–water partition coefficient (Wildman–Crippen LogP) is 2.90. The lowest BCUT2D eigenvalue weighted by Gasteiger charge is -2.42. The van der Waals surface area contributed by atoms with E-state index in [0.717, 1.165) is 38.3 Å². The number of likely N-dealkylation sites (tertiary alicyclic amines) is 1. The van der Waals surface area contributed by atoms with E-state index in [-0.39, 0.29) is 34.2 Å². The number of halogens is 1. The van der Waals surface area contributed by atoms with Gasteiger partial charge < -0.3 is 24.6 Å². The maximum absolute atomic E-state index is 15.3. The average Bonchev–Trinajstić information content (AvgIpc) is 3.35. The van der Waals surface area contributed by atoms with E-state index in [1.165, 1.54) is 49.7 Å². The maximum Gasteiger partial charge on any atom is 0.318 e. The number of ether oxygens (including phenoxy) is 2. The molecule has 3 aliphatic rings. The molecule has 2 saturated heterocycles. The van der Waals surface area contributed by atoms with E-state index in [0.29, 0.717) is 42.0 Å². The van der Waals surface area contributed by atoms with Crippen LogP contribution in [0.2, 0.25) is 0 Å². The van der Waals surface area contributed by atoms with Crippen LogP contribution in [0.15, 0.2) is 59.6 Å². The molecule has 3 amide bonds. The van der Waals surface area contributed by atoms with E-state index in [1.807, 2.05) is 0 Å². The largest absolute Gasteiger partial charge is 0.497 e. The third-order valence-electron chi connectivity index (χ3n) is 9.49. The van der Waals surface area contributed by atoms with E-state index in [1.54, 1.807) is 17.9 Å². The standard InChI is InChI=1S/C34H38FN7O6S/c1-4-48-31-27(6-5-13-37-31)34(38-33(44)41-14-11-24(12-15-41)40-18-16-39(2)17-19-40)28-20-23(22-36)29(35)21-30(28)42(32(34)43)49(45,46)26-9-7-25(47-3)8-10-26/h5-10,13,20-21,24H,4,11-12,14-19H2,1-3H3,(H,38,44). The molecule has 13 nitrogen and oxygen atoms in total. The van der Waals surface area contributed by atoms with Crippen molar-refractivity contribution in [2.24, 2.45) is 0 Å². The highest BCUT2D eigenvalue weighted by Crippen LogP contribution is 2.49. The van der Waals surface area contributed by atoms with E-state index in [4.69, 9.17) is 9.47 Å². The first-order valence-corrected chi connectivity index (χ1v) is 17.5. The van der Waals surface area contributed by atoms with Gasteiger partial charge in [0.2, 0.25) is 5.88 Å². The molecule has 15 heteroatoms. The van der Waals surface area contributed by atoms with E-state index in [2.05, 4.69) is 27.1 Å². The van der Waals surface area contributed by atoms with Crippen molar-refractivity contribution in [3.8, 4) is 17.7 Å². The number of pyridine rings is 1. The molecule has 1 atom stereocenters. The van der Waals surface area contributed by atoms with Gasteiger partial charge in [0, 0.05) is 63.1 Å². The molecule has 1 aromatic heterocycles. The van der Waals surface area contributed by atoms with Crippen molar-refractivity contribution in [3.63, 3.8) is 0 Å². The lowest BCUT2D eigenvalue weighted by Crippen LogP contribution is -2.59. The minimum absolute atomic E-state index is 0.0340. The third-order valence-corrected chi connectivity index (χ3v) is 11.2. The van der Waals surface area contributed by atoms with Gasteiger partial charge in [0.1, 0.15) is 17.6 Å². The molecular formula is C34H38FN7O6S. The molecule has 2 aromatic carbocycles. The van der Waals surface area contributed by atoms with Crippen LogP contribution in [0.1, 0.15) is 36.5 Å². The molecule has 0 aliphatic carbocycles. The van der Waals surface area contributed by atoms with Crippen LogP contribution >= 0.6 is 0 Å². The summed E-state index contributed by atoms with van der Waals surface area (Å²) in [7, 11) is -1.19. The number of sulfonamides is 1. The number of nitrogens with zero attached hydrogens (tertiary/aromatic N) is 6. The van der Waals surface area contributed by atoms with Crippen LogP contribution in [-0.2, 0) is 20.4 Å². The zero-order valence-corrected chi connectivity index (χ0v) is 28.4. The van der Waals surface area contributed by atoms with E-state index < -0.39 is 38.9 Å². The fourth-order valence-corrected chi connectivity index (χ4v) is 8.28. The summed E-state index contributed by atoms with van der Waals surface area (Å²) >= 11 is 0. The summed E-state index contributed by atoms with van der Waals surface area (Å²) in [5, 5.41) is 12.7. The van der Waals surface area contributed by atoms with Crippen LogP contribution in [0.3, 0.4) is 0 Å². The second kappa shape index (κ2) is 13.6. The van der Waals surface area contributed by atoms with Crippen molar-refractivity contribution < 1.29 is 31.9 Å². The molecule has 49 heavy (non-hydrogen) atoms. The number of piperazine rings is 1. The molecule has 0 saturated carbocycles. The second-order valence-corrected chi connectivity index (χ2v) is 14.0. The number of benzene rings is 2. The van der Waals surface area contributed by atoms with Crippen LogP contribution in [0.4, 0.5) is 14.9 Å². The van der Waals surface area contributed by atoms with Gasteiger partial charge in [-0.2, -0.15) is 9.57 Å². The average molecular weight is 692 g/mol. The van der Waals surface area contributed by atoms with E-state index in [9.17, 15) is 23.3 Å². The summed E-state index contributed by atoms with van der Waals surface area (Å²) in [6, 6.07) is 11.8. The van der Waals surface area contributed by atoms with Crippen LogP contribution in [-0.4, -0.2) is 106 Å². The Kier molecular flexibility index (Phi) is 9.47. The Morgan fingerprint density at radius 2 is 1.78 bits per heavy atom. The minimum Gasteiger partial charge on any atom is -0.497 e. The first kappa shape index (κ1) is 34.1. The maximum atomic E-state index is 15.3. The molecule has 3 aliphatic heterocycles. The number of carbonyl (C=O) groups excluding carboxylic acids is 2. The lowest BCUT2D eigenvalue weighted by molar-refractivity contribution is -0.121. The number of piperidine rings is 1. The Labute approximate surface area is 284 Å². The molecule has 0 spiro atoms. The number of methoxy groups -OCH3 is 1. The number of nitrogens with one attached hydrogen (secondary N) is 1. The number of rotatable bonds is 8. The van der Waals surface area contributed by atoms with E-state index >= 15 is 4.39 Å². The Hall–Kier alpha value is -4.78. The number of hydrogen-bond acceptors (Lipinski definition) is 10. The molecule has 6 rings (SSSR count). The zero-order valence-electron chi connectivity index (χ0n) is 27.6. The van der Waals surface area contributed by atoms with Gasteiger partial charge in [-0.1, -0.05) is 0 Å². The summed E-state index contributed by atoms with van der Waals surface area (Å²) in [4.78, 5) is 39.6. The van der Waals surface area contributed by atoms with Crippen molar-refractivity contribution in [1.29, 1.82) is 5.26 Å². The molecule has 4 heterocycles. The van der Waals surface area contributed by atoms with Gasteiger partial charge >= 0.3 is 6.03 Å². The number of aromatic nitrogens is 1. The summed E-state index contributed by atoms with van der Waals surface area (Å²) < 4.78 is 55.4. The number of nitriles is 1. The Morgan fingerprint density at radius 1 is 1.08 bits per heavy atom. The van der Waals surface area contributed by atoms with Crippen LogP contribution in [0.25, 0.3) is 0 Å². The van der Waals surface area contributed by atoms with Gasteiger partial charge in [-0.15, -0.1) is 0 Å². The quantitative estimate of drug-likeness (QED) is 0.374. The summed E-state index contributed by atoms with van der Waals surface area (Å²) in [5.41, 5.74) is -3.13. The molecule has 258 valence electrons. The first-order chi connectivity index (χ1) is 23.5. The van der Waals surface area contributed by atoms with Crippen molar-refractivity contribution in [2.75, 3.05) is 64.3 Å². The minimum atomic E-state index is -4.71. The normalized spacial score (nSPS) is 20.5. The van der Waals surface area contributed by atoms with Gasteiger partial charge in [0.15, 0.2) is 5.54 Å². The molecule has 3 aromatic rings. The van der Waals surface area contributed by atoms with Gasteiger partial charge in [-0.3, -0.25) is 9.69 Å². The molecular weight excluding hydrogens is 653 g/mol. The monoisotopic (exact) mass is 691 g/mol. The fourth-order valence-electron chi connectivity index (χ4n) is 6.82. The van der Waals surface area contributed by atoms with Gasteiger partial charge in [-0.05, 0) is 69.3 Å². The van der Waals surface area contributed by atoms with Crippen molar-refractivity contribution >= 4 is 27.6 Å². The Balaban J connectivity index is 1.45. The second-order valence-electron chi connectivity index (χ2n) is 12.2. The molecule has 0 bridgehead atoms.